The fourth-order valence-electron chi connectivity index (χ4n) is 2.69. The number of carbonyl (C=O) groups is 2. The number of Topliss-reactive ketones (excluding diaryl/α,β-unsaturated/α-hetero) is 1. The molecule has 1 aromatic carbocycles. The van der Waals surface area contributed by atoms with Crippen molar-refractivity contribution in [1.82, 2.24) is 4.98 Å². The molecule has 9 heteroatoms. The van der Waals surface area contributed by atoms with Gasteiger partial charge in [-0.15, -0.1) is 0 Å². The molecule has 0 spiro atoms. The number of rotatable bonds is 9. The van der Waals surface area contributed by atoms with Crippen molar-refractivity contribution < 1.29 is 32.2 Å². The minimum Gasteiger partial charge on any atom is -0.493 e. The lowest BCUT2D eigenvalue weighted by molar-refractivity contribution is -0.137. The molecule has 0 radical (unpaired) electrons. The van der Waals surface area contributed by atoms with Crippen LogP contribution >= 0.6 is 0 Å². The smallest absolute Gasteiger partial charge is 0.416 e. The maximum absolute atomic E-state index is 12.8. The Morgan fingerprint density at radius 3 is 2.45 bits per heavy atom. The van der Waals surface area contributed by atoms with E-state index < -0.39 is 11.7 Å². The summed E-state index contributed by atoms with van der Waals surface area (Å²) in [6.45, 7) is 5.35. The first kappa shape index (κ1) is 24.2. The second-order valence-corrected chi connectivity index (χ2v) is 7.26. The largest absolute Gasteiger partial charge is 0.493 e. The molecular weight excluding hydrogens is 413 g/mol. The minimum atomic E-state index is -4.48. The van der Waals surface area contributed by atoms with Gasteiger partial charge in [0.05, 0.1) is 19.3 Å². The van der Waals surface area contributed by atoms with Crippen LogP contribution < -0.4 is 14.8 Å². The highest BCUT2D eigenvalue weighted by Gasteiger charge is 2.31. The number of anilines is 1. The van der Waals surface area contributed by atoms with Gasteiger partial charge >= 0.3 is 6.18 Å². The highest BCUT2D eigenvalue weighted by Crippen LogP contribution is 2.36. The second-order valence-electron chi connectivity index (χ2n) is 7.26. The molecule has 2 aromatic rings. The van der Waals surface area contributed by atoms with Gasteiger partial charge in [0.1, 0.15) is 5.82 Å². The number of alkyl halides is 3. The van der Waals surface area contributed by atoms with Gasteiger partial charge in [-0.05, 0) is 43.7 Å². The number of benzene rings is 1. The van der Waals surface area contributed by atoms with E-state index in [-0.39, 0.29) is 42.1 Å². The third-order valence-corrected chi connectivity index (χ3v) is 4.35. The number of nitrogens with one attached hydrogen (secondary N) is 1. The Morgan fingerprint density at radius 2 is 1.84 bits per heavy atom. The van der Waals surface area contributed by atoms with Crippen LogP contribution in [0.2, 0.25) is 0 Å². The van der Waals surface area contributed by atoms with E-state index in [1.54, 1.807) is 26.8 Å². The molecule has 6 nitrogen and oxygen atoms in total. The van der Waals surface area contributed by atoms with Crippen LogP contribution in [0.5, 0.6) is 11.5 Å². The molecule has 0 fully saturated rings. The normalized spacial score (nSPS) is 11.4. The number of ketones is 1. The highest BCUT2D eigenvalue weighted by atomic mass is 19.4. The van der Waals surface area contributed by atoms with E-state index in [0.29, 0.717) is 23.5 Å². The fourth-order valence-corrected chi connectivity index (χ4v) is 2.69. The fraction of sp³-hybridized carbons (Fsp3) is 0.409. The molecule has 0 bridgehead atoms. The van der Waals surface area contributed by atoms with Crippen molar-refractivity contribution in [3.63, 3.8) is 0 Å². The molecule has 2 rings (SSSR count). The van der Waals surface area contributed by atoms with Crippen LogP contribution in [-0.4, -0.2) is 30.4 Å². The molecule has 0 unspecified atom stereocenters. The number of hydrogen-bond donors (Lipinski definition) is 1. The number of hydrogen-bond acceptors (Lipinski definition) is 5. The van der Waals surface area contributed by atoms with Crippen molar-refractivity contribution in [3.05, 3.63) is 47.2 Å². The molecule has 168 valence electrons. The van der Waals surface area contributed by atoms with Crippen LogP contribution in [0, 0.1) is 12.8 Å². The van der Waals surface area contributed by atoms with Crippen molar-refractivity contribution >= 4 is 17.5 Å². The molecule has 0 aliphatic rings. The van der Waals surface area contributed by atoms with E-state index in [1.165, 1.54) is 19.2 Å². The number of nitrogens with zero attached hydrogens (tertiary/aromatic N) is 1. The summed E-state index contributed by atoms with van der Waals surface area (Å²) in [5.74, 6) is -0.129. The Hall–Kier alpha value is -3.10. The number of halogens is 3. The van der Waals surface area contributed by atoms with Crippen molar-refractivity contribution in [3.8, 4) is 11.5 Å². The average molecular weight is 438 g/mol. The van der Waals surface area contributed by atoms with Gasteiger partial charge in [-0.3, -0.25) is 9.59 Å². The summed E-state index contributed by atoms with van der Waals surface area (Å²) in [5.41, 5.74) is 0.176. The lowest BCUT2D eigenvalue weighted by atomic mass is 10.1. The van der Waals surface area contributed by atoms with Crippen LogP contribution in [-0.2, 0) is 11.0 Å². The van der Waals surface area contributed by atoms with Gasteiger partial charge in [0.15, 0.2) is 17.3 Å². The van der Waals surface area contributed by atoms with Gasteiger partial charge in [-0.25, -0.2) is 4.98 Å². The molecular formula is C22H25F3N2O4. The zero-order chi connectivity index (χ0) is 23.2. The van der Waals surface area contributed by atoms with E-state index in [9.17, 15) is 22.8 Å². The zero-order valence-corrected chi connectivity index (χ0v) is 17.8. The van der Waals surface area contributed by atoms with Crippen molar-refractivity contribution in [2.45, 2.75) is 39.8 Å². The van der Waals surface area contributed by atoms with Crippen LogP contribution in [0.25, 0.3) is 0 Å². The summed E-state index contributed by atoms with van der Waals surface area (Å²) in [7, 11) is 1.26. The van der Waals surface area contributed by atoms with E-state index in [2.05, 4.69) is 10.3 Å². The van der Waals surface area contributed by atoms with Gasteiger partial charge in [0, 0.05) is 23.6 Å². The summed E-state index contributed by atoms with van der Waals surface area (Å²) >= 11 is 0. The lowest BCUT2D eigenvalue weighted by Gasteiger charge is -2.13. The quantitative estimate of drug-likeness (QED) is 0.438. The molecule has 31 heavy (non-hydrogen) atoms. The van der Waals surface area contributed by atoms with E-state index in [0.717, 1.165) is 12.1 Å². The average Bonchev–Trinajstić information content (AvgIpc) is 2.69. The summed E-state index contributed by atoms with van der Waals surface area (Å²) in [6, 6.07) is 6.13. The molecule has 1 aromatic heterocycles. The number of ether oxygens (including phenoxy) is 2. The van der Waals surface area contributed by atoms with E-state index in [1.807, 2.05) is 0 Å². The summed E-state index contributed by atoms with van der Waals surface area (Å²) in [6.07, 6.45) is -3.98. The summed E-state index contributed by atoms with van der Waals surface area (Å²) in [5, 5.41) is 2.67. The lowest BCUT2D eigenvalue weighted by Crippen LogP contribution is -2.19. The molecule has 1 heterocycles. The maximum atomic E-state index is 12.8. The van der Waals surface area contributed by atoms with Crippen LogP contribution in [0.4, 0.5) is 19.0 Å². The number of aryl methyl sites for hydroxylation is 1. The molecule has 1 amide bonds. The van der Waals surface area contributed by atoms with E-state index >= 15 is 0 Å². The summed E-state index contributed by atoms with van der Waals surface area (Å²) in [4.78, 5) is 28.6. The molecule has 0 aliphatic heterocycles. The number of aromatic nitrogens is 1. The van der Waals surface area contributed by atoms with Crippen molar-refractivity contribution in [2.24, 2.45) is 5.92 Å². The van der Waals surface area contributed by atoms with Crippen molar-refractivity contribution in [1.29, 1.82) is 0 Å². The zero-order valence-electron chi connectivity index (χ0n) is 17.8. The summed E-state index contributed by atoms with van der Waals surface area (Å²) < 4.78 is 48.9. The predicted octanol–water partition coefficient (Wildman–Crippen LogP) is 5.05. The number of pyridine rings is 1. The molecule has 0 saturated carbocycles. The van der Waals surface area contributed by atoms with Crippen LogP contribution in [0.1, 0.15) is 48.3 Å². The number of methoxy groups -OCH3 is 1. The van der Waals surface area contributed by atoms with Gasteiger partial charge in [0.25, 0.3) is 0 Å². The van der Waals surface area contributed by atoms with Gasteiger partial charge in [-0.2, -0.15) is 13.2 Å². The van der Waals surface area contributed by atoms with Crippen LogP contribution in [0.3, 0.4) is 0 Å². The Morgan fingerprint density at radius 1 is 1.13 bits per heavy atom. The SMILES string of the molecule is COc1cc(C(F)(F)F)ccc1OCCCC(=O)c1cc(C)nc(NC(=O)C(C)C)c1. The molecule has 1 N–H and O–H groups in total. The first-order valence-electron chi connectivity index (χ1n) is 9.72. The standard InChI is InChI=1S/C22H25F3N2O4/c1-13(2)21(29)27-20-11-15(10-14(3)26-20)17(28)6-5-9-31-18-8-7-16(22(23,24)25)12-19(18)30-4/h7-8,10-13H,5-6,9H2,1-4H3,(H,26,27,29). The Kier molecular flexibility index (Phi) is 8.01. The molecule has 0 atom stereocenters. The Balaban J connectivity index is 1.95. The highest BCUT2D eigenvalue weighted by molar-refractivity contribution is 5.98. The van der Waals surface area contributed by atoms with Gasteiger partial charge in [-0.1, -0.05) is 13.8 Å². The monoisotopic (exact) mass is 438 g/mol. The van der Waals surface area contributed by atoms with Crippen LogP contribution in [0.15, 0.2) is 30.3 Å². The maximum Gasteiger partial charge on any atom is 0.416 e. The van der Waals surface area contributed by atoms with E-state index in [4.69, 9.17) is 9.47 Å². The number of amides is 1. The van der Waals surface area contributed by atoms with Gasteiger partial charge in [0.2, 0.25) is 5.91 Å². The van der Waals surface area contributed by atoms with Gasteiger partial charge < -0.3 is 14.8 Å². The predicted molar refractivity (Wildman–Crippen MR) is 109 cm³/mol. The third kappa shape index (κ3) is 6.97. The first-order chi connectivity index (χ1) is 14.5. The Bertz CT molecular complexity index is 943. The number of carbonyl (C=O) groups excluding carboxylic acids is 2. The minimum absolute atomic E-state index is 0.0311. The molecule has 0 saturated heterocycles. The first-order valence-corrected chi connectivity index (χ1v) is 9.72. The van der Waals surface area contributed by atoms with Crippen molar-refractivity contribution in [2.75, 3.05) is 19.0 Å². The third-order valence-electron chi connectivity index (χ3n) is 4.35. The second kappa shape index (κ2) is 10.3. The molecule has 0 aliphatic carbocycles. The topological polar surface area (TPSA) is 77.5 Å². The Labute approximate surface area is 178 Å².